The van der Waals surface area contributed by atoms with Crippen LogP contribution in [-0.4, -0.2) is 19.5 Å². The number of carbonyl (C=O) groups excluding carboxylic acids is 1. The molecule has 1 amide bonds. The molecule has 0 aliphatic heterocycles. The van der Waals surface area contributed by atoms with Crippen molar-refractivity contribution in [3.8, 4) is 0 Å². The summed E-state index contributed by atoms with van der Waals surface area (Å²) in [5.74, 6) is -0.413. The highest BCUT2D eigenvalue weighted by Crippen LogP contribution is 2.32. The molecule has 3 nitrogen and oxygen atoms in total. The van der Waals surface area contributed by atoms with Gasteiger partial charge in [0.25, 0.3) is 5.91 Å². The highest BCUT2D eigenvalue weighted by molar-refractivity contribution is 6.05. The van der Waals surface area contributed by atoms with E-state index in [1.807, 2.05) is 19.2 Å². The summed E-state index contributed by atoms with van der Waals surface area (Å²) in [6.45, 7) is 2.36. The number of rotatable bonds is 5. The Bertz CT molecular complexity index is 726. The van der Waals surface area contributed by atoms with E-state index in [4.69, 9.17) is 0 Å². The van der Waals surface area contributed by atoms with Gasteiger partial charge in [0, 0.05) is 11.3 Å². The van der Waals surface area contributed by atoms with Gasteiger partial charge in [0.05, 0.1) is 5.56 Å². The Morgan fingerprint density at radius 2 is 1.83 bits per heavy atom. The van der Waals surface area contributed by atoms with Crippen LogP contribution in [0, 0.1) is 6.92 Å². The lowest BCUT2D eigenvalue weighted by atomic mass is 10.0. The van der Waals surface area contributed by atoms with E-state index in [1.165, 1.54) is 6.07 Å². The minimum Gasteiger partial charge on any atom is -0.322 e. The van der Waals surface area contributed by atoms with Crippen molar-refractivity contribution in [2.75, 3.05) is 18.9 Å². The number of hydrogen-bond acceptors (Lipinski definition) is 2. The predicted molar refractivity (Wildman–Crippen MR) is 88.2 cm³/mol. The van der Waals surface area contributed by atoms with Gasteiger partial charge in [-0.05, 0) is 56.3 Å². The highest BCUT2D eigenvalue weighted by atomic mass is 19.4. The van der Waals surface area contributed by atoms with Crippen molar-refractivity contribution in [1.82, 2.24) is 5.32 Å². The SMILES string of the molecule is CNCCc1ccccc1C(=O)Nc1cc(C(F)(F)F)ccc1C. The van der Waals surface area contributed by atoms with Crippen LogP contribution in [-0.2, 0) is 12.6 Å². The predicted octanol–water partition coefficient (Wildman–Crippen LogP) is 4.03. The van der Waals surface area contributed by atoms with Gasteiger partial charge in [-0.25, -0.2) is 0 Å². The van der Waals surface area contributed by atoms with Crippen LogP contribution in [0.5, 0.6) is 0 Å². The topological polar surface area (TPSA) is 41.1 Å². The Morgan fingerprint density at radius 3 is 2.50 bits per heavy atom. The van der Waals surface area contributed by atoms with Gasteiger partial charge in [0.1, 0.15) is 0 Å². The number of benzene rings is 2. The lowest BCUT2D eigenvalue weighted by molar-refractivity contribution is -0.137. The molecular formula is C18H19F3N2O. The summed E-state index contributed by atoms with van der Waals surface area (Å²) in [5.41, 5.74) is 1.26. The van der Waals surface area contributed by atoms with Crippen LogP contribution in [0.4, 0.5) is 18.9 Å². The highest BCUT2D eigenvalue weighted by Gasteiger charge is 2.31. The van der Waals surface area contributed by atoms with Crippen LogP contribution in [0.15, 0.2) is 42.5 Å². The lowest BCUT2D eigenvalue weighted by Gasteiger charge is -2.14. The first kappa shape index (κ1) is 18.0. The smallest absolute Gasteiger partial charge is 0.322 e. The first-order chi connectivity index (χ1) is 11.3. The summed E-state index contributed by atoms with van der Waals surface area (Å²) in [4.78, 5) is 12.5. The molecule has 0 aromatic heterocycles. The maximum absolute atomic E-state index is 12.8. The number of carbonyl (C=O) groups is 1. The molecule has 2 rings (SSSR count). The minimum absolute atomic E-state index is 0.165. The first-order valence-corrected chi connectivity index (χ1v) is 7.54. The van der Waals surface area contributed by atoms with Gasteiger partial charge in [-0.1, -0.05) is 24.3 Å². The summed E-state index contributed by atoms with van der Waals surface area (Å²) in [5, 5.41) is 5.60. The van der Waals surface area contributed by atoms with E-state index < -0.39 is 17.6 Å². The first-order valence-electron chi connectivity index (χ1n) is 7.54. The summed E-state index contributed by atoms with van der Waals surface area (Å²) >= 11 is 0. The quantitative estimate of drug-likeness (QED) is 0.866. The lowest BCUT2D eigenvalue weighted by Crippen LogP contribution is -2.18. The Labute approximate surface area is 138 Å². The monoisotopic (exact) mass is 336 g/mol. The van der Waals surface area contributed by atoms with Gasteiger partial charge in [-0.3, -0.25) is 4.79 Å². The molecule has 2 aromatic rings. The average molecular weight is 336 g/mol. The second-order valence-corrected chi connectivity index (χ2v) is 5.49. The molecule has 0 saturated carbocycles. The third-order valence-corrected chi connectivity index (χ3v) is 3.72. The molecule has 0 radical (unpaired) electrons. The minimum atomic E-state index is -4.45. The van der Waals surface area contributed by atoms with Crippen molar-refractivity contribution in [2.24, 2.45) is 0 Å². The molecule has 6 heteroatoms. The van der Waals surface area contributed by atoms with Gasteiger partial charge in [-0.15, -0.1) is 0 Å². The number of nitrogens with one attached hydrogen (secondary N) is 2. The molecule has 24 heavy (non-hydrogen) atoms. The molecule has 0 bridgehead atoms. The van der Waals surface area contributed by atoms with Crippen LogP contribution < -0.4 is 10.6 Å². The number of halogens is 3. The molecule has 0 aliphatic carbocycles. The van der Waals surface area contributed by atoms with Gasteiger partial charge in [-0.2, -0.15) is 13.2 Å². The molecular weight excluding hydrogens is 317 g/mol. The molecule has 0 aliphatic rings. The summed E-state index contributed by atoms with van der Waals surface area (Å²) < 4.78 is 38.5. The zero-order valence-corrected chi connectivity index (χ0v) is 13.5. The van der Waals surface area contributed by atoms with E-state index in [0.717, 1.165) is 17.7 Å². The van der Waals surface area contributed by atoms with E-state index in [2.05, 4.69) is 10.6 Å². The van der Waals surface area contributed by atoms with E-state index >= 15 is 0 Å². The van der Waals surface area contributed by atoms with Crippen molar-refractivity contribution >= 4 is 11.6 Å². The molecule has 128 valence electrons. The van der Waals surface area contributed by atoms with E-state index in [-0.39, 0.29) is 5.69 Å². The van der Waals surface area contributed by atoms with Crippen molar-refractivity contribution < 1.29 is 18.0 Å². The summed E-state index contributed by atoms with van der Waals surface area (Å²) in [7, 11) is 1.81. The third kappa shape index (κ3) is 4.35. The number of amides is 1. The Hall–Kier alpha value is -2.34. The second kappa shape index (κ2) is 7.49. The van der Waals surface area contributed by atoms with Crippen LogP contribution in [0.3, 0.4) is 0 Å². The average Bonchev–Trinajstić information content (AvgIpc) is 2.54. The van der Waals surface area contributed by atoms with E-state index in [0.29, 0.717) is 24.1 Å². The van der Waals surface area contributed by atoms with Gasteiger partial charge in [0.2, 0.25) is 0 Å². The van der Waals surface area contributed by atoms with E-state index in [9.17, 15) is 18.0 Å². The summed E-state index contributed by atoms with van der Waals surface area (Å²) in [6, 6.07) is 10.4. The van der Waals surface area contributed by atoms with Gasteiger partial charge < -0.3 is 10.6 Å². The maximum Gasteiger partial charge on any atom is 0.416 e. The fourth-order valence-corrected chi connectivity index (χ4v) is 2.34. The number of hydrogen-bond donors (Lipinski definition) is 2. The van der Waals surface area contributed by atoms with Gasteiger partial charge in [0.15, 0.2) is 0 Å². The zero-order chi connectivity index (χ0) is 17.7. The number of aryl methyl sites for hydroxylation is 1. The molecule has 2 aromatic carbocycles. The van der Waals surface area contributed by atoms with Crippen molar-refractivity contribution in [1.29, 1.82) is 0 Å². The molecule has 0 fully saturated rings. The van der Waals surface area contributed by atoms with Crippen molar-refractivity contribution in [2.45, 2.75) is 19.5 Å². The number of alkyl halides is 3. The summed E-state index contributed by atoms with van der Waals surface area (Å²) in [6.07, 6.45) is -3.79. The molecule has 0 spiro atoms. The largest absolute Gasteiger partial charge is 0.416 e. The Kier molecular flexibility index (Phi) is 5.62. The fraction of sp³-hybridized carbons (Fsp3) is 0.278. The van der Waals surface area contributed by atoms with Crippen molar-refractivity contribution in [3.63, 3.8) is 0 Å². The Balaban J connectivity index is 2.27. The molecule has 0 unspecified atom stereocenters. The molecule has 2 N–H and O–H groups in total. The standard InChI is InChI=1S/C18H19F3N2O/c1-12-7-8-14(18(19,20)21)11-16(12)23-17(24)15-6-4-3-5-13(15)9-10-22-2/h3-8,11,22H,9-10H2,1-2H3,(H,23,24). The normalized spacial score (nSPS) is 11.4. The number of anilines is 1. The fourth-order valence-electron chi connectivity index (χ4n) is 2.34. The van der Waals surface area contributed by atoms with Gasteiger partial charge >= 0.3 is 6.18 Å². The molecule has 0 atom stereocenters. The van der Waals surface area contributed by atoms with Crippen molar-refractivity contribution in [3.05, 3.63) is 64.7 Å². The maximum atomic E-state index is 12.8. The van der Waals surface area contributed by atoms with Crippen LogP contribution in [0.25, 0.3) is 0 Å². The molecule has 0 heterocycles. The van der Waals surface area contributed by atoms with Crippen LogP contribution in [0.2, 0.25) is 0 Å². The Morgan fingerprint density at radius 1 is 1.12 bits per heavy atom. The third-order valence-electron chi connectivity index (χ3n) is 3.72. The molecule has 0 saturated heterocycles. The number of likely N-dealkylation sites (N-methyl/N-ethyl adjacent to an activating group) is 1. The van der Waals surface area contributed by atoms with E-state index in [1.54, 1.807) is 19.1 Å². The zero-order valence-electron chi connectivity index (χ0n) is 13.5. The van der Waals surface area contributed by atoms with Crippen LogP contribution >= 0.6 is 0 Å². The van der Waals surface area contributed by atoms with Crippen LogP contribution in [0.1, 0.15) is 27.0 Å². The second-order valence-electron chi connectivity index (χ2n) is 5.49.